The molecule has 0 N–H and O–H groups in total. The number of hydrogen-bond donors (Lipinski definition) is 0. The molecule has 0 bridgehead atoms. The van der Waals surface area contributed by atoms with E-state index in [9.17, 15) is 18.0 Å². The zero-order valence-electron chi connectivity index (χ0n) is 15.8. The number of aromatic nitrogens is 2. The van der Waals surface area contributed by atoms with Crippen molar-refractivity contribution in [3.8, 4) is 5.88 Å². The van der Waals surface area contributed by atoms with E-state index in [0.29, 0.717) is 19.5 Å². The maximum absolute atomic E-state index is 12.8. The number of halogens is 3. The van der Waals surface area contributed by atoms with Crippen molar-refractivity contribution in [2.45, 2.75) is 25.1 Å². The Hall–Kier alpha value is -3.03. The zero-order valence-corrected chi connectivity index (χ0v) is 15.8. The Balaban J connectivity index is 1.40. The summed E-state index contributed by atoms with van der Waals surface area (Å²) in [6.45, 7) is 0.842. The predicted octanol–water partition coefficient (Wildman–Crippen LogP) is 3.81. The molecule has 5 nitrogen and oxygen atoms in total. The minimum Gasteiger partial charge on any atom is -0.472 e. The van der Waals surface area contributed by atoms with E-state index in [0.717, 1.165) is 34.8 Å². The minimum atomic E-state index is -4.45. The van der Waals surface area contributed by atoms with Crippen LogP contribution in [0.3, 0.4) is 0 Å². The SMILES string of the molecule is Cn1cc(CC(=O)N2CCC(Oc3cc(C(F)(F)F)ccn3)C2)c2ccccc21. The number of para-hydroxylation sites is 1. The highest BCUT2D eigenvalue weighted by molar-refractivity contribution is 5.89. The van der Waals surface area contributed by atoms with Gasteiger partial charge in [0.25, 0.3) is 0 Å². The average molecular weight is 403 g/mol. The molecule has 3 heterocycles. The highest BCUT2D eigenvalue weighted by Gasteiger charge is 2.32. The summed E-state index contributed by atoms with van der Waals surface area (Å²) in [4.78, 5) is 18.3. The fourth-order valence-electron chi connectivity index (χ4n) is 3.71. The number of nitrogens with zero attached hydrogens (tertiary/aromatic N) is 3. The molecule has 29 heavy (non-hydrogen) atoms. The quantitative estimate of drug-likeness (QED) is 0.666. The van der Waals surface area contributed by atoms with Crippen LogP contribution >= 0.6 is 0 Å². The second-order valence-corrected chi connectivity index (χ2v) is 7.21. The lowest BCUT2D eigenvalue weighted by Gasteiger charge is -2.17. The number of pyridine rings is 1. The molecule has 152 valence electrons. The number of benzene rings is 1. The number of aryl methyl sites for hydroxylation is 1. The number of fused-ring (bicyclic) bond motifs is 1. The van der Waals surface area contributed by atoms with Crippen molar-refractivity contribution in [2.24, 2.45) is 7.05 Å². The second-order valence-electron chi connectivity index (χ2n) is 7.21. The fraction of sp³-hybridized carbons (Fsp3) is 0.333. The van der Waals surface area contributed by atoms with Crippen LogP contribution in [0, 0.1) is 0 Å². The maximum Gasteiger partial charge on any atom is 0.416 e. The molecule has 0 aliphatic carbocycles. The Morgan fingerprint density at radius 2 is 2.07 bits per heavy atom. The summed E-state index contributed by atoms with van der Waals surface area (Å²) in [5.74, 6) is -0.0994. The fourth-order valence-corrected chi connectivity index (χ4v) is 3.71. The number of carbonyl (C=O) groups excluding carboxylic acids is 1. The molecule has 0 spiro atoms. The van der Waals surface area contributed by atoms with Crippen molar-refractivity contribution in [3.05, 3.63) is 59.9 Å². The third-order valence-corrected chi connectivity index (χ3v) is 5.17. The summed E-state index contributed by atoms with van der Waals surface area (Å²) in [5.41, 5.74) is 1.22. The molecule has 2 aromatic heterocycles. The first-order chi connectivity index (χ1) is 13.8. The molecular formula is C21H20F3N3O2. The van der Waals surface area contributed by atoms with Gasteiger partial charge in [0.1, 0.15) is 6.10 Å². The number of alkyl halides is 3. The van der Waals surface area contributed by atoms with Crippen LogP contribution in [0.25, 0.3) is 10.9 Å². The molecule has 0 radical (unpaired) electrons. The van der Waals surface area contributed by atoms with Gasteiger partial charge < -0.3 is 14.2 Å². The van der Waals surface area contributed by atoms with E-state index in [-0.39, 0.29) is 24.3 Å². The van der Waals surface area contributed by atoms with Crippen LogP contribution in [0.5, 0.6) is 5.88 Å². The molecule has 1 atom stereocenters. The molecule has 1 aromatic carbocycles. The molecular weight excluding hydrogens is 383 g/mol. The number of amides is 1. The molecule has 1 aliphatic heterocycles. The zero-order chi connectivity index (χ0) is 20.6. The summed E-state index contributed by atoms with van der Waals surface area (Å²) >= 11 is 0. The highest BCUT2D eigenvalue weighted by atomic mass is 19.4. The van der Waals surface area contributed by atoms with Crippen molar-refractivity contribution in [2.75, 3.05) is 13.1 Å². The number of hydrogen-bond acceptors (Lipinski definition) is 3. The smallest absolute Gasteiger partial charge is 0.416 e. The molecule has 0 saturated carbocycles. The van der Waals surface area contributed by atoms with E-state index in [1.807, 2.05) is 42.1 Å². The summed E-state index contributed by atoms with van der Waals surface area (Å²) in [7, 11) is 1.94. The Bertz CT molecular complexity index is 1050. The first kappa shape index (κ1) is 19.3. The van der Waals surface area contributed by atoms with E-state index in [1.165, 1.54) is 0 Å². The average Bonchev–Trinajstić information content (AvgIpc) is 3.27. The monoisotopic (exact) mass is 403 g/mol. The second kappa shape index (κ2) is 7.42. The van der Waals surface area contributed by atoms with Gasteiger partial charge in [0, 0.05) is 49.4 Å². The molecule has 1 unspecified atom stereocenters. The van der Waals surface area contributed by atoms with Crippen LogP contribution in [0.1, 0.15) is 17.5 Å². The van der Waals surface area contributed by atoms with Crippen LogP contribution in [0.4, 0.5) is 13.2 Å². The maximum atomic E-state index is 12.8. The number of ether oxygens (including phenoxy) is 1. The highest BCUT2D eigenvalue weighted by Crippen LogP contribution is 2.31. The summed E-state index contributed by atoms with van der Waals surface area (Å²) in [6, 6.07) is 9.69. The van der Waals surface area contributed by atoms with E-state index < -0.39 is 11.7 Å². The lowest BCUT2D eigenvalue weighted by Crippen LogP contribution is -2.32. The molecule has 1 fully saturated rings. The van der Waals surface area contributed by atoms with Crippen molar-refractivity contribution in [1.82, 2.24) is 14.5 Å². The molecule has 1 amide bonds. The Kier molecular flexibility index (Phi) is 4.94. The first-order valence-corrected chi connectivity index (χ1v) is 9.32. The van der Waals surface area contributed by atoms with Crippen molar-refractivity contribution < 1.29 is 22.7 Å². The van der Waals surface area contributed by atoms with Gasteiger partial charge in [-0.25, -0.2) is 4.98 Å². The summed E-state index contributed by atoms with van der Waals surface area (Å²) < 4.78 is 46.1. The molecule has 3 aromatic rings. The van der Waals surface area contributed by atoms with Crippen LogP contribution in [0.15, 0.2) is 48.8 Å². The van der Waals surface area contributed by atoms with E-state index in [2.05, 4.69) is 4.98 Å². The molecule has 1 aliphatic rings. The van der Waals surface area contributed by atoms with Gasteiger partial charge in [-0.05, 0) is 17.7 Å². The van der Waals surface area contributed by atoms with Crippen molar-refractivity contribution >= 4 is 16.8 Å². The third kappa shape index (κ3) is 4.06. The Morgan fingerprint density at radius 1 is 1.28 bits per heavy atom. The summed E-state index contributed by atoms with van der Waals surface area (Å²) in [5, 5.41) is 1.04. The lowest BCUT2D eigenvalue weighted by molar-refractivity contribution is -0.137. The van der Waals surface area contributed by atoms with Gasteiger partial charge in [0.15, 0.2) is 0 Å². The van der Waals surface area contributed by atoms with Crippen LogP contribution in [-0.4, -0.2) is 39.6 Å². The molecule has 4 rings (SSSR count). The van der Waals surface area contributed by atoms with Crippen LogP contribution in [-0.2, 0) is 24.4 Å². The molecule has 1 saturated heterocycles. The normalized spacial score (nSPS) is 17.1. The standard InChI is InChI=1S/C21H20F3N3O2/c1-26-12-14(17-4-2-3-5-18(17)26)10-20(28)27-9-7-16(13-27)29-19-11-15(6-8-25-19)21(22,23)24/h2-6,8,11-12,16H,7,9-10,13H2,1H3. The minimum absolute atomic E-state index is 0.0237. The van der Waals surface area contributed by atoms with Gasteiger partial charge in [0.2, 0.25) is 11.8 Å². The van der Waals surface area contributed by atoms with Gasteiger partial charge in [0.05, 0.1) is 18.5 Å². The number of likely N-dealkylation sites (tertiary alicyclic amines) is 1. The van der Waals surface area contributed by atoms with Gasteiger partial charge in [-0.15, -0.1) is 0 Å². The molecule has 8 heteroatoms. The van der Waals surface area contributed by atoms with Crippen LogP contribution in [0.2, 0.25) is 0 Å². The van der Waals surface area contributed by atoms with Gasteiger partial charge in [-0.3, -0.25) is 4.79 Å². The Morgan fingerprint density at radius 3 is 2.86 bits per heavy atom. The number of carbonyl (C=O) groups is 1. The third-order valence-electron chi connectivity index (χ3n) is 5.17. The van der Waals surface area contributed by atoms with E-state index >= 15 is 0 Å². The Labute approximate surface area is 165 Å². The largest absolute Gasteiger partial charge is 0.472 e. The predicted molar refractivity (Wildman–Crippen MR) is 101 cm³/mol. The number of rotatable bonds is 4. The lowest BCUT2D eigenvalue weighted by atomic mass is 10.1. The van der Waals surface area contributed by atoms with Crippen LogP contribution < -0.4 is 4.74 Å². The topological polar surface area (TPSA) is 47.4 Å². The first-order valence-electron chi connectivity index (χ1n) is 9.32. The summed E-state index contributed by atoms with van der Waals surface area (Å²) in [6.07, 6.45) is -0.954. The van der Waals surface area contributed by atoms with Crippen molar-refractivity contribution in [1.29, 1.82) is 0 Å². The van der Waals surface area contributed by atoms with E-state index in [1.54, 1.807) is 4.90 Å². The van der Waals surface area contributed by atoms with E-state index in [4.69, 9.17) is 4.74 Å². The van der Waals surface area contributed by atoms with Crippen molar-refractivity contribution in [3.63, 3.8) is 0 Å². The van der Waals surface area contributed by atoms with Gasteiger partial charge in [-0.2, -0.15) is 13.2 Å². The van der Waals surface area contributed by atoms with Gasteiger partial charge >= 0.3 is 6.18 Å². The van der Waals surface area contributed by atoms with Gasteiger partial charge in [-0.1, -0.05) is 18.2 Å².